The van der Waals surface area contributed by atoms with Crippen LogP contribution in [0.15, 0.2) is 22.4 Å². The number of amides is 1. The van der Waals surface area contributed by atoms with Gasteiger partial charge in [-0.15, -0.1) is 23.1 Å². The maximum Gasteiger partial charge on any atom is 0.306 e. The molecule has 128 valence electrons. The number of carbonyl (C=O) groups excluding carboxylic acids is 1. The SMILES string of the molecule is O=C(CSCc1cc(=O)n2ccsc2n1)N[C@H]1CC[C@@H](C(=O)O)C1. The molecular formula is C15H17N3O4S2. The van der Waals surface area contributed by atoms with E-state index >= 15 is 0 Å². The van der Waals surface area contributed by atoms with E-state index in [4.69, 9.17) is 5.11 Å². The molecule has 2 aromatic heterocycles. The van der Waals surface area contributed by atoms with Crippen molar-refractivity contribution in [2.45, 2.75) is 31.1 Å². The van der Waals surface area contributed by atoms with Gasteiger partial charge in [-0.2, -0.15) is 0 Å². The number of rotatable bonds is 6. The van der Waals surface area contributed by atoms with Crippen molar-refractivity contribution in [3.8, 4) is 0 Å². The second-order valence-electron chi connectivity index (χ2n) is 5.75. The molecule has 1 aliphatic carbocycles. The molecule has 0 saturated heterocycles. The molecule has 2 atom stereocenters. The molecule has 0 aliphatic heterocycles. The second kappa shape index (κ2) is 7.35. The van der Waals surface area contributed by atoms with Gasteiger partial charge in [0, 0.05) is 29.4 Å². The third kappa shape index (κ3) is 3.96. The zero-order valence-corrected chi connectivity index (χ0v) is 14.4. The van der Waals surface area contributed by atoms with Crippen LogP contribution in [0.3, 0.4) is 0 Å². The molecule has 1 fully saturated rings. The van der Waals surface area contributed by atoms with Crippen LogP contribution in [-0.4, -0.2) is 38.2 Å². The summed E-state index contributed by atoms with van der Waals surface area (Å²) in [4.78, 5) is 39.8. The summed E-state index contributed by atoms with van der Waals surface area (Å²) in [6.07, 6.45) is 3.51. The number of carboxylic acids is 1. The Hall–Kier alpha value is -1.87. The number of thiazole rings is 1. The fourth-order valence-corrected chi connectivity index (χ4v) is 4.28. The molecule has 0 aromatic carbocycles. The summed E-state index contributed by atoms with van der Waals surface area (Å²) in [5, 5.41) is 13.6. The van der Waals surface area contributed by atoms with Crippen molar-refractivity contribution in [1.82, 2.24) is 14.7 Å². The number of carboxylic acid groups (broad SMARTS) is 1. The van der Waals surface area contributed by atoms with Gasteiger partial charge in [-0.25, -0.2) is 4.98 Å². The van der Waals surface area contributed by atoms with Crippen molar-refractivity contribution in [3.05, 3.63) is 33.7 Å². The molecule has 0 radical (unpaired) electrons. The van der Waals surface area contributed by atoms with Gasteiger partial charge in [0.1, 0.15) is 0 Å². The fraction of sp³-hybridized carbons (Fsp3) is 0.467. The van der Waals surface area contributed by atoms with Crippen LogP contribution in [0.5, 0.6) is 0 Å². The van der Waals surface area contributed by atoms with Crippen LogP contribution in [0.25, 0.3) is 4.96 Å². The lowest BCUT2D eigenvalue weighted by molar-refractivity contribution is -0.141. The first-order valence-corrected chi connectivity index (χ1v) is 9.62. The van der Waals surface area contributed by atoms with Crippen LogP contribution in [0, 0.1) is 5.92 Å². The third-order valence-electron chi connectivity index (χ3n) is 3.99. The van der Waals surface area contributed by atoms with Crippen molar-refractivity contribution in [2.75, 3.05) is 5.75 Å². The van der Waals surface area contributed by atoms with E-state index in [1.54, 1.807) is 11.6 Å². The van der Waals surface area contributed by atoms with Gasteiger partial charge in [-0.3, -0.25) is 18.8 Å². The minimum absolute atomic E-state index is 0.0514. The summed E-state index contributed by atoms with van der Waals surface area (Å²) in [6, 6.07) is 1.43. The van der Waals surface area contributed by atoms with E-state index in [2.05, 4.69) is 10.3 Å². The Labute approximate surface area is 146 Å². The Balaban J connectivity index is 1.46. The lowest BCUT2D eigenvalue weighted by Crippen LogP contribution is -2.34. The van der Waals surface area contributed by atoms with Crippen LogP contribution in [0.4, 0.5) is 0 Å². The molecule has 24 heavy (non-hydrogen) atoms. The molecule has 1 saturated carbocycles. The highest BCUT2D eigenvalue weighted by atomic mass is 32.2. The summed E-state index contributed by atoms with van der Waals surface area (Å²) in [7, 11) is 0. The first-order valence-electron chi connectivity index (χ1n) is 7.58. The van der Waals surface area contributed by atoms with Gasteiger partial charge in [0.15, 0.2) is 4.96 Å². The number of thioether (sulfide) groups is 1. The van der Waals surface area contributed by atoms with Crippen molar-refractivity contribution in [2.24, 2.45) is 5.92 Å². The molecule has 2 aromatic rings. The normalized spacial score (nSPS) is 20.3. The molecule has 9 heteroatoms. The van der Waals surface area contributed by atoms with Crippen LogP contribution in [0.2, 0.25) is 0 Å². The van der Waals surface area contributed by atoms with Crippen molar-refractivity contribution >= 4 is 39.9 Å². The minimum atomic E-state index is -0.789. The molecule has 0 unspecified atom stereocenters. The van der Waals surface area contributed by atoms with Crippen LogP contribution >= 0.6 is 23.1 Å². The zero-order valence-electron chi connectivity index (χ0n) is 12.8. The number of nitrogens with zero attached hydrogens (tertiary/aromatic N) is 2. The summed E-state index contributed by atoms with van der Waals surface area (Å²) in [5.74, 6) is -0.496. The molecule has 1 amide bonds. The maximum absolute atomic E-state index is 11.9. The minimum Gasteiger partial charge on any atom is -0.481 e. The number of nitrogens with one attached hydrogen (secondary N) is 1. The van der Waals surface area contributed by atoms with Gasteiger partial charge < -0.3 is 10.4 Å². The Morgan fingerprint density at radius 3 is 3.04 bits per heavy atom. The highest BCUT2D eigenvalue weighted by Crippen LogP contribution is 2.25. The van der Waals surface area contributed by atoms with E-state index in [1.807, 2.05) is 0 Å². The Bertz CT molecular complexity index is 816. The van der Waals surface area contributed by atoms with E-state index in [0.717, 1.165) is 0 Å². The van der Waals surface area contributed by atoms with Crippen molar-refractivity contribution in [3.63, 3.8) is 0 Å². The number of carbonyl (C=O) groups is 2. The smallest absolute Gasteiger partial charge is 0.306 e. The number of hydrogen-bond donors (Lipinski definition) is 2. The summed E-state index contributed by atoms with van der Waals surface area (Å²) in [6.45, 7) is 0. The van der Waals surface area contributed by atoms with E-state index in [-0.39, 0.29) is 29.2 Å². The molecule has 1 aliphatic rings. The standard InChI is InChI=1S/C15H17N3O4S2/c19-12(16-10-2-1-9(5-10)14(21)22)8-23-7-11-6-13(20)18-3-4-24-15(18)17-11/h3-4,6,9-10H,1-2,5,7-8H2,(H,16,19)(H,21,22)/t9-,10+/m1/s1. The summed E-state index contributed by atoms with van der Waals surface area (Å²) < 4.78 is 1.49. The van der Waals surface area contributed by atoms with Gasteiger partial charge >= 0.3 is 5.97 Å². The highest BCUT2D eigenvalue weighted by Gasteiger charge is 2.30. The van der Waals surface area contributed by atoms with Crippen molar-refractivity contribution in [1.29, 1.82) is 0 Å². The van der Waals surface area contributed by atoms with Gasteiger partial charge in [-0.05, 0) is 19.3 Å². The quantitative estimate of drug-likeness (QED) is 0.799. The first kappa shape index (κ1) is 17.0. The van der Waals surface area contributed by atoms with E-state index in [0.29, 0.717) is 35.7 Å². The molecule has 3 rings (SSSR count). The largest absolute Gasteiger partial charge is 0.481 e. The lowest BCUT2D eigenvalue weighted by atomic mass is 10.1. The zero-order chi connectivity index (χ0) is 17.1. The van der Waals surface area contributed by atoms with Crippen molar-refractivity contribution < 1.29 is 14.7 Å². The molecule has 0 spiro atoms. The van der Waals surface area contributed by atoms with Crippen LogP contribution in [-0.2, 0) is 15.3 Å². The third-order valence-corrected chi connectivity index (χ3v) is 5.71. The maximum atomic E-state index is 11.9. The first-order chi connectivity index (χ1) is 11.5. The monoisotopic (exact) mass is 367 g/mol. The fourth-order valence-electron chi connectivity index (χ4n) is 2.82. The van der Waals surface area contributed by atoms with E-state index in [1.165, 1.54) is 33.6 Å². The predicted octanol–water partition coefficient (Wildman–Crippen LogP) is 1.36. The Morgan fingerprint density at radius 1 is 1.46 bits per heavy atom. The number of aromatic nitrogens is 2. The molecule has 0 bridgehead atoms. The Morgan fingerprint density at radius 2 is 2.29 bits per heavy atom. The second-order valence-corrected chi connectivity index (χ2v) is 7.61. The average molecular weight is 367 g/mol. The molecule has 2 heterocycles. The molecule has 2 N–H and O–H groups in total. The van der Waals surface area contributed by atoms with Gasteiger partial charge in [0.05, 0.1) is 17.4 Å². The van der Waals surface area contributed by atoms with Crippen LogP contribution in [0.1, 0.15) is 25.0 Å². The van der Waals surface area contributed by atoms with Gasteiger partial charge in [0.2, 0.25) is 5.91 Å². The number of aliphatic carboxylic acids is 1. The average Bonchev–Trinajstić information content (AvgIpc) is 3.16. The summed E-state index contributed by atoms with van der Waals surface area (Å²) in [5.41, 5.74) is 0.541. The number of hydrogen-bond acceptors (Lipinski definition) is 6. The van der Waals surface area contributed by atoms with Gasteiger partial charge in [-0.1, -0.05) is 0 Å². The summed E-state index contributed by atoms with van der Waals surface area (Å²) >= 11 is 2.78. The molecular weight excluding hydrogens is 350 g/mol. The molecule has 7 nitrogen and oxygen atoms in total. The lowest BCUT2D eigenvalue weighted by Gasteiger charge is -2.12. The van der Waals surface area contributed by atoms with E-state index in [9.17, 15) is 14.4 Å². The predicted molar refractivity (Wildman–Crippen MR) is 92.4 cm³/mol. The highest BCUT2D eigenvalue weighted by molar-refractivity contribution is 7.99. The Kier molecular flexibility index (Phi) is 5.20. The number of fused-ring (bicyclic) bond motifs is 1. The van der Waals surface area contributed by atoms with E-state index < -0.39 is 5.97 Å². The topological polar surface area (TPSA) is 101 Å². The van der Waals surface area contributed by atoms with Gasteiger partial charge in [0.25, 0.3) is 5.56 Å². The van der Waals surface area contributed by atoms with Crippen LogP contribution < -0.4 is 10.9 Å².